The average Bonchev–Trinajstić information content (AvgIpc) is 3.11. The van der Waals surface area contributed by atoms with Gasteiger partial charge in [-0.05, 0) is 40.5 Å². The van der Waals surface area contributed by atoms with Crippen LogP contribution in [0.15, 0.2) is 12.8 Å². The highest BCUT2D eigenvalue weighted by Gasteiger charge is 2.76. The second kappa shape index (κ2) is 8.73. The first kappa shape index (κ1) is 24.0. The third-order valence-corrected chi connectivity index (χ3v) is 6.26. The summed E-state index contributed by atoms with van der Waals surface area (Å²) in [5.74, 6) is -3.82. The summed E-state index contributed by atoms with van der Waals surface area (Å²) in [6, 6.07) is -0.829. The number of carbonyl (C=O) groups excluding carboxylic acids is 4. The number of ether oxygens (including phenoxy) is 3. The van der Waals surface area contributed by atoms with Gasteiger partial charge in [0.15, 0.2) is 0 Å². The number of hydrogen-bond acceptors (Lipinski definition) is 8. The Kier molecular flexibility index (Phi) is 6.55. The van der Waals surface area contributed by atoms with Crippen molar-refractivity contribution in [1.29, 1.82) is 0 Å². The zero-order chi connectivity index (χ0) is 23.8. The number of fused-ring (bicyclic) bond motifs is 1. The van der Waals surface area contributed by atoms with Gasteiger partial charge in [0, 0.05) is 26.2 Å². The van der Waals surface area contributed by atoms with E-state index in [1.807, 2.05) is 0 Å². The number of aliphatic hydroxyl groups excluding tert-OH is 1. The van der Waals surface area contributed by atoms with Crippen LogP contribution in [-0.2, 0) is 28.6 Å². The van der Waals surface area contributed by atoms with E-state index >= 15 is 0 Å². The molecule has 3 aliphatic rings. The Hall–Kier alpha value is -2.62. The summed E-state index contributed by atoms with van der Waals surface area (Å²) in [4.78, 5) is 52.5. The van der Waals surface area contributed by atoms with E-state index in [2.05, 4.69) is 11.9 Å². The third-order valence-electron chi connectivity index (χ3n) is 6.26. The van der Waals surface area contributed by atoms with Crippen LogP contribution in [-0.4, -0.2) is 70.4 Å². The van der Waals surface area contributed by atoms with Crippen LogP contribution in [0.2, 0.25) is 0 Å². The molecule has 2 aliphatic carbocycles. The fourth-order valence-corrected chi connectivity index (χ4v) is 5.06. The first-order chi connectivity index (χ1) is 15.0. The van der Waals surface area contributed by atoms with Gasteiger partial charge in [-0.25, -0.2) is 9.59 Å². The van der Waals surface area contributed by atoms with Crippen molar-refractivity contribution in [2.24, 2.45) is 17.8 Å². The van der Waals surface area contributed by atoms with Crippen LogP contribution in [0.25, 0.3) is 0 Å². The number of rotatable bonds is 6. The normalized spacial score (nSPS) is 33.2. The summed E-state index contributed by atoms with van der Waals surface area (Å²) in [5.41, 5.74) is -2.30. The van der Waals surface area contributed by atoms with Gasteiger partial charge in [0.25, 0.3) is 0 Å². The summed E-state index contributed by atoms with van der Waals surface area (Å²) >= 11 is 0. The second-order valence-electron chi connectivity index (χ2n) is 9.52. The van der Waals surface area contributed by atoms with E-state index < -0.39 is 65.0 Å². The highest BCUT2D eigenvalue weighted by Crippen LogP contribution is 2.63. The maximum atomic E-state index is 13.3. The Morgan fingerprint density at radius 2 is 2.00 bits per heavy atom. The van der Waals surface area contributed by atoms with E-state index in [4.69, 9.17) is 14.2 Å². The van der Waals surface area contributed by atoms with E-state index in [0.717, 1.165) is 6.26 Å². The molecule has 2 saturated carbocycles. The molecule has 3 rings (SSSR count). The van der Waals surface area contributed by atoms with Gasteiger partial charge >= 0.3 is 18.0 Å². The topological polar surface area (TPSA) is 131 Å². The Bertz CT molecular complexity index is 813. The van der Waals surface area contributed by atoms with Crippen molar-refractivity contribution in [3.05, 3.63) is 12.8 Å². The molecule has 2 amide bonds. The molecule has 1 heterocycles. The van der Waals surface area contributed by atoms with Crippen LogP contribution in [0.1, 0.15) is 48.4 Å². The Morgan fingerprint density at radius 3 is 2.59 bits per heavy atom. The molecule has 1 saturated heterocycles. The molecule has 1 unspecified atom stereocenters. The van der Waals surface area contributed by atoms with Crippen molar-refractivity contribution in [3.63, 3.8) is 0 Å². The van der Waals surface area contributed by atoms with Gasteiger partial charge in [-0.2, -0.15) is 0 Å². The summed E-state index contributed by atoms with van der Waals surface area (Å²) in [6.45, 7) is 10.6. The van der Waals surface area contributed by atoms with Gasteiger partial charge in [0.05, 0.1) is 24.9 Å². The van der Waals surface area contributed by atoms with Crippen LogP contribution < -0.4 is 5.32 Å². The molecule has 0 bridgehead atoms. The number of esters is 2. The van der Waals surface area contributed by atoms with Gasteiger partial charge in [-0.3, -0.25) is 14.5 Å². The SMILES string of the molecule is C=COC(=O)[C@H]1[C@H]2[C@@H]1[C@@](NC(=O)C1CCCN1C(=O)OC(C)(C)C)(C(=O)OCC)C[C@@H]2O.[HH]. The Morgan fingerprint density at radius 1 is 1.31 bits per heavy atom. The summed E-state index contributed by atoms with van der Waals surface area (Å²) in [5, 5.41) is 13.3. The zero-order valence-electron chi connectivity index (χ0n) is 19.0. The lowest BCUT2D eigenvalue weighted by atomic mass is 9.88. The number of carbonyl (C=O) groups is 4. The minimum absolute atomic E-state index is 0. The molecule has 0 aromatic heterocycles. The smallest absolute Gasteiger partial charge is 0.410 e. The fourth-order valence-electron chi connectivity index (χ4n) is 5.06. The highest BCUT2D eigenvalue weighted by molar-refractivity contribution is 5.95. The summed E-state index contributed by atoms with van der Waals surface area (Å²) < 4.78 is 15.5. The maximum absolute atomic E-state index is 13.3. The molecule has 0 aromatic rings. The lowest BCUT2D eigenvalue weighted by Crippen LogP contribution is -2.61. The van der Waals surface area contributed by atoms with E-state index in [1.165, 1.54) is 4.90 Å². The minimum atomic E-state index is -1.58. The van der Waals surface area contributed by atoms with Gasteiger partial charge in [0.2, 0.25) is 5.91 Å². The van der Waals surface area contributed by atoms with Crippen molar-refractivity contribution >= 4 is 23.9 Å². The molecule has 2 N–H and O–H groups in total. The van der Waals surface area contributed by atoms with E-state index in [-0.39, 0.29) is 14.5 Å². The van der Waals surface area contributed by atoms with Crippen LogP contribution >= 0.6 is 0 Å². The average molecular weight is 455 g/mol. The number of amides is 2. The third kappa shape index (κ3) is 4.32. The minimum Gasteiger partial charge on any atom is -0.464 e. The number of hydrogen-bond donors (Lipinski definition) is 2. The van der Waals surface area contributed by atoms with Gasteiger partial charge in [-0.1, -0.05) is 6.58 Å². The van der Waals surface area contributed by atoms with Crippen LogP contribution in [0.3, 0.4) is 0 Å². The monoisotopic (exact) mass is 454 g/mol. The van der Waals surface area contributed by atoms with E-state index in [9.17, 15) is 24.3 Å². The molecule has 180 valence electrons. The molecule has 0 radical (unpaired) electrons. The van der Waals surface area contributed by atoms with Gasteiger partial charge < -0.3 is 24.6 Å². The molecule has 1 aliphatic heterocycles. The summed E-state index contributed by atoms with van der Waals surface area (Å²) in [6.07, 6.45) is 0.324. The quantitative estimate of drug-likeness (QED) is 0.349. The van der Waals surface area contributed by atoms with E-state index in [1.54, 1.807) is 27.7 Å². The molecule has 32 heavy (non-hydrogen) atoms. The second-order valence-corrected chi connectivity index (χ2v) is 9.52. The van der Waals surface area contributed by atoms with Gasteiger partial charge in [-0.15, -0.1) is 0 Å². The van der Waals surface area contributed by atoms with Crippen molar-refractivity contribution < 1.29 is 39.9 Å². The molecule has 0 aromatic carbocycles. The zero-order valence-corrected chi connectivity index (χ0v) is 19.0. The molecule has 3 fully saturated rings. The Balaban J connectivity index is 0.00000385. The molecule has 10 nitrogen and oxygen atoms in total. The summed E-state index contributed by atoms with van der Waals surface area (Å²) in [7, 11) is 0. The Labute approximate surface area is 188 Å². The van der Waals surface area contributed by atoms with Crippen molar-refractivity contribution in [2.45, 2.75) is 70.2 Å². The number of nitrogens with zero attached hydrogens (tertiary/aromatic N) is 1. The predicted molar refractivity (Wildman–Crippen MR) is 113 cm³/mol. The molecule has 0 spiro atoms. The largest absolute Gasteiger partial charge is 0.464 e. The first-order valence-corrected chi connectivity index (χ1v) is 10.9. The lowest BCUT2D eigenvalue weighted by Gasteiger charge is -2.34. The van der Waals surface area contributed by atoms with E-state index in [0.29, 0.717) is 19.4 Å². The molecule has 10 heteroatoms. The van der Waals surface area contributed by atoms with Crippen LogP contribution in [0.4, 0.5) is 4.79 Å². The van der Waals surface area contributed by atoms with Crippen LogP contribution in [0.5, 0.6) is 0 Å². The number of nitrogens with one attached hydrogen (secondary N) is 1. The number of likely N-dealkylation sites (tertiary alicyclic amines) is 1. The predicted octanol–water partition coefficient (Wildman–Crippen LogP) is 1.36. The van der Waals surface area contributed by atoms with Crippen LogP contribution in [0, 0.1) is 17.8 Å². The molecular weight excluding hydrogens is 420 g/mol. The molecular formula is C22H34N2O8. The standard InChI is InChI=1S/C22H32N2O8.H2/c1-6-30-18(27)15-14-13(25)11-22(16(14)15,19(28)31-7-2)23-17(26)12-9-8-10-24(12)20(29)32-21(3,4)5;/h6,12-16,25H,1,7-11H2,2-5H3,(H,23,26);1H/t12?,13-,14-,15-,16-,22+;/m0./s1. The lowest BCUT2D eigenvalue weighted by molar-refractivity contribution is -0.156. The fraction of sp³-hybridized carbons (Fsp3) is 0.727. The maximum Gasteiger partial charge on any atom is 0.410 e. The van der Waals surface area contributed by atoms with Crippen molar-refractivity contribution in [2.75, 3.05) is 13.2 Å². The first-order valence-electron chi connectivity index (χ1n) is 10.9. The highest BCUT2D eigenvalue weighted by atomic mass is 16.6. The van der Waals surface area contributed by atoms with Crippen molar-refractivity contribution in [1.82, 2.24) is 10.2 Å². The number of aliphatic hydroxyl groups is 1. The molecule has 6 atom stereocenters. The van der Waals surface area contributed by atoms with Gasteiger partial charge in [0.1, 0.15) is 17.2 Å². The van der Waals surface area contributed by atoms with Crippen molar-refractivity contribution in [3.8, 4) is 0 Å².